The maximum Gasteiger partial charge on any atom is 0.254 e. The molecule has 3 aromatic rings. The van der Waals surface area contributed by atoms with Gasteiger partial charge in [-0.3, -0.25) is 0 Å². The quantitative estimate of drug-likeness (QED) is 0.721. The molecule has 1 heterocycles. The Morgan fingerprint density at radius 2 is 1.96 bits per heavy atom. The van der Waals surface area contributed by atoms with Crippen LogP contribution >= 0.6 is 11.6 Å². The fourth-order valence-electron chi connectivity index (χ4n) is 2.91. The summed E-state index contributed by atoms with van der Waals surface area (Å²) in [6, 6.07) is 13.8. The molecule has 0 unspecified atom stereocenters. The van der Waals surface area contributed by atoms with Gasteiger partial charge in [-0.15, -0.1) is 0 Å². The van der Waals surface area contributed by atoms with Crippen LogP contribution in [-0.4, -0.2) is 22.4 Å². The van der Waals surface area contributed by atoms with Crippen molar-refractivity contribution in [1.82, 2.24) is 4.57 Å². The molecule has 126 valence electrons. The number of ether oxygens (including phenoxy) is 1. The Bertz CT molecular complexity index is 873. The number of aryl methyl sites for hydroxylation is 2. The van der Waals surface area contributed by atoms with E-state index in [1.165, 1.54) is 0 Å². The fraction of sp³-hybridized carbons (Fsp3) is 0.316. The third-order valence-corrected chi connectivity index (χ3v) is 4.63. The lowest BCUT2D eigenvalue weighted by Crippen LogP contribution is -2.32. The summed E-state index contributed by atoms with van der Waals surface area (Å²) in [5, 5.41) is 11.0. The molecule has 0 spiro atoms. The highest BCUT2D eigenvalue weighted by Gasteiger charge is 2.21. The van der Waals surface area contributed by atoms with E-state index in [2.05, 4.69) is 21.3 Å². The van der Waals surface area contributed by atoms with Gasteiger partial charge in [0.25, 0.3) is 5.82 Å². The van der Waals surface area contributed by atoms with E-state index in [0.717, 1.165) is 22.4 Å². The van der Waals surface area contributed by atoms with Gasteiger partial charge in [0.1, 0.15) is 25.0 Å². The molecule has 0 aliphatic heterocycles. The first kappa shape index (κ1) is 16.8. The average Bonchev–Trinajstić information content (AvgIpc) is 2.81. The Hall–Kier alpha value is -2.04. The van der Waals surface area contributed by atoms with Gasteiger partial charge in [-0.1, -0.05) is 29.8 Å². The molecule has 2 aromatic carbocycles. The second kappa shape index (κ2) is 6.83. The van der Waals surface area contributed by atoms with Crippen molar-refractivity contribution in [2.45, 2.75) is 26.5 Å². The zero-order valence-electron chi connectivity index (χ0n) is 14.2. The first-order valence-corrected chi connectivity index (χ1v) is 8.36. The standard InChI is InChI=1S/C19H22ClN2O2/c1-13-8-9-16(20)19(10-13)24-12-15(23)11-22-14(2)21(3)17-6-4-5-7-18(17)22/h4-10,15,23H,11-12H2,1-3H3/q+1/t15-/m0/s1. The highest BCUT2D eigenvalue weighted by molar-refractivity contribution is 6.32. The number of hydrogen-bond acceptors (Lipinski definition) is 2. The molecule has 0 saturated heterocycles. The van der Waals surface area contributed by atoms with Crippen LogP contribution in [-0.2, 0) is 13.6 Å². The maximum atomic E-state index is 10.4. The van der Waals surface area contributed by atoms with Gasteiger partial charge in [-0.2, -0.15) is 0 Å². The van der Waals surface area contributed by atoms with E-state index in [1.54, 1.807) is 0 Å². The van der Waals surface area contributed by atoms with Crippen LogP contribution in [0.2, 0.25) is 5.02 Å². The second-order valence-corrected chi connectivity index (χ2v) is 6.51. The summed E-state index contributed by atoms with van der Waals surface area (Å²) in [7, 11) is 2.03. The molecule has 0 bridgehead atoms. The molecule has 3 rings (SSSR count). The Morgan fingerprint density at radius 1 is 1.21 bits per heavy atom. The number of aliphatic hydroxyl groups excluding tert-OH is 1. The number of rotatable bonds is 5. The number of benzene rings is 2. The molecular weight excluding hydrogens is 324 g/mol. The zero-order valence-corrected chi connectivity index (χ0v) is 14.9. The van der Waals surface area contributed by atoms with E-state index in [4.69, 9.17) is 16.3 Å². The summed E-state index contributed by atoms with van der Waals surface area (Å²) in [5.41, 5.74) is 3.32. The SMILES string of the molecule is Cc1ccc(Cl)c(OC[C@@H](O)Cn2c(C)[n+](C)c3ccccc32)c1. The fourth-order valence-corrected chi connectivity index (χ4v) is 3.08. The molecule has 1 aromatic heterocycles. The topological polar surface area (TPSA) is 38.3 Å². The smallest absolute Gasteiger partial charge is 0.254 e. The third kappa shape index (κ3) is 3.25. The molecule has 5 heteroatoms. The Labute approximate surface area is 146 Å². The number of fused-ring (bicyclic) bond motifs is 1. The van der Waals surface area contributed by atoms with Crippen LogP contribution < -0.4 is 9.30 Å². The maximum absolute atomic E-state index is 10.4. The minimum atomic E-state index is -0.629. The van der Waals surface area contributed by atoms with Crippen LogP contribution in [0.15, 0.2) is 42.5 Å². The van der Waals surface area contributed by atoms with Crippen molar-refractivity contribution >= 4 is 22.6 Å². The van der Waals surface area contributed by atoms with Crippen molar-refractivity contribution in [1.29, 1.82) is 0 Å². The largest absolute Gasteiger partial charge is 0.489 e. The van der Waals surface area contributed by atoms with Crippen molar-refractivity contribution in [2.75, 3.05) is 6.61 Å². The van der Waals surface area contributed by atoms with Gasteiger partial charge in [0.15, 0.2) is 11.0 Å². The van der Waals surface area contributed by atoms with Gasteiger partial charge in [-0.05, 0) is 36.8 Å². The number of nitrogens with zero attached hydrogens (tertiary/aromatic N) is 2. The monoisotopic (exact) mass is 345 g/mol. The Morgan fingerprint density at radius 3 is 2.75 bits per heavy atom. The molecule has 0 saturated carbocycles. The minimum absolute atomic E-state index is 0.193. The number of para-hydroxylation sites is 2. The first-order valence-electron chi connectivity index (χ1n) is 7.98. The lowest BCUT2D eigenvalue weighted by Gasteiger charge is -2.13. The number of halogens is 1. The van der Waals surface area contributed by atoms with E-state index in [9.17, 15) is 5.11 Å². The van der Waals surface area contributed by atoms with Crippen molar-refractivity contribution in [3.8, 4) is 5.75 Å². The first-order chi connectivity index (χ1) is 11.5. The van der Waals surface area contributed by atoms with Crippen molar-refractivity contribution in [3.63, 3.8) is 0 Å². The molecule has 1 atom stereocenters. The molecule has 24 heavy (non-hydrogen) atoms. The van der Waals surface area contributed by atoms with Crippen LogP contribution in [0, 0.1) is 13.8 Å². The van der Waals surface area contributed by atoms with Crippen molar-refractivity contribution in [2.24, 2.45) is 7.05 Å². The van der Waals surface area contributed by atoms with E-state index >= 15 is 0 Å². The molecule has 1 N–H and O–H groups in total. The second-order valence-electron chi connectivity index (χ2n) is 6.10. The van der Waals surface area contributed by atoms with E-state index < -0.39 is 6.10 Å². The summed E-state index contributed by atoms with van der Waals surface area (Å²) < 4.78 is 9.95. The van der Waals surface area contributed by atoms with E-state index in [0.29, 0.717) is 17.3 Å². The van der Waals surface area contributed by atoms with Crippen LogP contribution in [0.4, 0.5) is 0 Å². The Kier molecular flexibility index (Phi) is 4.78. The van der Waals surface area contributed by atoms with E-state index in [-0.39, 0.29) is 6.61 Å². The Balaban J connectivity index is 1.75. The van der Waals surface area contributed by atoms with Gasteiger partial charge < -0.3 is 9.84 Å². The highest BCUT2D eigenvalue weighted by atomic mass is 35.5. The van der Waals surface area contributed by atoms with Crippen LogP contribution in [0.25, 0.3) is 11.0 Å². The summed E-state index contributed by atoms with van der Waals surface area (Å²) >= 11 is 6.13. The zero-order chi connectivity index (χ0) is 17.3. The average molecular weight is 346 g/mol. The third-order valence-electron chi connectivity index (χ3n) is 4.32. The van der Waals surface area contributed by atoms with Crippen LogP contribution in [0.3, 0.4) is 0 Å². The van der Waals surface area contributed by atoms with Crippen LogP contribution in [0.1, 0.15) is 11.4 Å². The lowest BCUT2D eigenvalue weighted by molar-refractivity contribution is -0.652. The summed E-state index contributed by atoms with van der Waals surface area (Å²) in [4.78, 5) is 0. The number of imidazole rings is 1. The summed E-state index contributed by atoms with van der Waals surface area (Å²) in [6.45, 7) is 4.69. The normalized spacial score (nSPS) is 12.5. The van der Waals surface area contributed by atoms with Crippen molar-refractivity contribution < 1.29 is 14.4 Å². The molecule has 0 aliphatic rings. The van der Waals surface area contributed by atoms with E-state index in [1.807, 2.05) is 51.2 Å². The lowest BCUT2D eigenvalue weighted by atomic mass is 10.2. The molecular formula is C19H22ClN2O2+. The summed E-state index contributed by atoms with van der Waals surface area (Å²) in [5.74, 6) is 1.69. The number of aromatic nitrogens is 2. The molecule has 4 nitrogen and oxygen atoms in total. The van der Waals surface area contributed by atoms with Gasteiger partial charge in [-0.25, -0.2) is 9.13 Å². The predicted octanol–water partition coefficient (Wildman–Crippen LogP) is 3.18. The molecule has 0 radical (unpaired) electrons. The number of aliphatic hydroxyl groups is 1. The summed E-state index contributed by atoms with van der Waals surface area (Å²) in [6.07, 6.45) is -0.629. The molecule has 0 fully saturated rings. The van der Waals surface area contributed by atoms with Crippen LogP contribution in [0.5, 0.6) is 5.75 Å². The highest BCUT2D eigenvalue weighted by Crippen LogP contribution is 2.25. The van der Waals surface area contributed by atoms with Gasteiger partial charge in [0.05, 0.1) is 12.1 Å². The van der Waals surface area contributed by atoms with Gasteiger partial charge in [0.2, 0.25) is 0 Å². The van der Waals surface area contributed by atoms with Gasteiger partial charge >= 0.3 is 0 Å². The molecule has 0 amide bonds. The van der Waals surface area contributed by atoms with Gasteiger partial charge in [0, 0.05) is 6.92 Å². The minimum Gasteiger partial charge on any atom is -0.489 e. The number of hydrogen-bond donors (Lipinski definition) is 1. The predicted molar refractivity (Wildman–Crippen MR) is 95.5 cm³/mol. The molecule has 0 aliphatic carbocycles. The van der Waals surface area contributed by atoms with Crippen molar-refractivity contribution in [3.05, 3.63) is 58.9 Å².